The van der Waals surface area contributed by atoms with Crippen molar-refractivity contribution in [2.45, 2.75) is 53.0 Å². The molecule has 2 aliphatic rings. The van der Waals surface area contributed by atoms with Gasteiger partial charge in [0.25, 0.3) is 5.91 Å². The van der Waals surface area contributed by atoms with Crippen LogP contribution in [0.3, 0.4) is 0 Å². The van der Waals surface area contributed by atoms with Crippen molar-refractivity contribution in [2.75, 3.05) is 16.9 Å². The van der Waals surface area contributed by atoms with E-state index in [1.807, 2.05) is 19.1 Å². The summed E-state index contributed by atoms with van der Waals surface area (Å²) in [6.45, 7) is 9.40. The maximum Gasteiger partial charge on any atom is 0.355 e. The van der Waals surface area contributed by atoms with Crippen molar-refractivity contribution in [1.29, 1.82) is 0 Å². The van der Waals surface area contributed by atoms with Crippen LogP contribution >= 0.6 is 0 Å². The highest BCUT2D eigenvalue weighted by Gasteiger charge is 2.51. The Labute approximate surface area is 181 Å². The zero-order chi connectivity index (χ0) is 22.4. The summed E-state index contributed by atoms with van der Waals surface area (Å²) >= 11 is 0. The summed E-state index contributed by atoms with van der Waals surface area (Å²) in [6, 6.07) is 7.23. The highest BCUT2D eigenvalue weighted by atomic mass is 16.6. The molecule has 1 saturated carbocycles. The Morgan fingerprint density at radius 2 is 1.90 bits per heavy atom. The molecule has 1 saturated heterocycles. The quantitative estimate of drug-likeness (QED) is 0.553. The molecule has 2 bridgehead atoms. The molecule has 1 aromatic carbocycles. The lowest BCUT2D eigenvalue weighted by atomic mass is 9.65. The van der Waals surface area contributed by atoms with Gasteiger partial charge in [-0.3, -0.25) is 25.8 Å². The van der Waals surface area contributed by atoms with Gasteiger partial charge in [0, 0.05) is 18.2 Å². The molecule has 9 heteroatoms. The Balaban J connectivity index is 1.60. The fraction of sp³-hybridized carbons (Fsp3) is 0.500. The van der Waals surface area contributed by atoms with E-state index in [1.54, 1.807) is 12.1 Å². The number of aryl methyl sites for hydroxylation is 1. The Hall–Kier alpha value is -3.23. The van der Waals surface area contributed by atoms with Gasteiger partial charge in [-0.15, -0.1) is 0 Å². The molecule has 2 heterocycles. The summed E-state index contributed by atoms with van der Waals surface area (Å²) in [5.41, 5.74) is 6.68. The highest BCUT2D eigenvalue weighted by molar-refractivity contribution is 5.95. The standard InChI is InChI=1S/C22H28N6O3/c1-14-5-7-15(8-6-14)20(29)26-25-18-17(28(30)31)19(24-13-23-18)27-12-22(4)10-16(27)9-21(2,3)11-22/h5-8,13,16H,9-12H2,1-4H3,(H,26,29)(H,23,24,25). The minimum atomic E-state index is -0.481. The van der Waals surface area contributed by atoms with Crippen LogP contribution in [0.5, 0.6) is 0 Å². The van der Waals surface area contributed by atoms with E-state index >= 15 is 0 Å². The minimum Gasteiger partial charge on any atom is -0.347 e. The predicted molar refractivity (Wildman–Crippen MR) is 118 cm³/mol. The van der Waals surface area contributed by atoms with Crippen LogP contribution in [0.2, 0.25) is 0 Å². The van der Waals surface area contributed by atoms with Gasteiger partial charge in [0.15, 0.2) is 0 Å². The molecule has 2 fully saturated rings. The van der Waals surface area contributed by atoms with E-state index in [0.29, 0.717) is 17.9 Å². The normalized spacial score (nSPS) is 24.0. The molecule has 2 atom stereocenters. The summed E-state index contributed by atoms with van der Waals surface area (Å²) in [6.07, 6.45) is 4.32. The Kier molecular flexibility index (Phi) is 5.07. The van der Waals surface area contributed by atoms with Crippen molar-refractivity contribution in [3.63, 3.8) is 0 Å². The van der Waals surface area contributed by atoms with Gasteiger partial charge >= 0.3 is 5.69 Å². The first-order valence-electron chi connectivity index (χ1n) is 10.5. The molecule has 1 aliphatic carbocycles. The molecule has 0 radical (unpaired) electrons. The third-order valence-corrected chi connectivity index (χ3v) is 6.28. The lowest BCUT2D eigenvalue weighted by Crippen LogP contribution is -2.35. The monoisotopic (exact) mass is 424 g/mol. The van der Waals surface area contributed by atoms with Crippen LogP contribution in [-0.2, 0) is 0 Å². The maximum absolute atomic E-state index is 12.4. The number of anilines is 2. The number of carbonyl (C=O) groups excluding carboxylic acids is 1. The van der Waals surface area contributed by atoms with Gasteiger partial charge in [-0.1, -0.05) is 38.5 Å². The van der Waals surface area contributed by atoms with Gasteiger partial charge in [-0.25, -0.2) is 9.97 Å². The van der Waals surface area contributed by atoms with Gasteiger partial charge in [-0.05, 0) is 49.1 Å². The van der Waals surface area contributed by atoms with E-state index in [-0.39, 0.29) is 28.4 Å². The molecule has 1 aromatic heterocycles. The van der Waals surface area contributed by atoms with Gasteiger partial charge < -0.3 is 4.90 Å². The SMILES string of the molecule is Cc1ccc(C(=O)NNc2ncnc(N3CC4(C)CC3CC(C)(C)C4)c2[N+](=O)[O-])cc1. The number of rotatable bonds is 5. The molecule has 2 aromatic rings. The van der Waals surface area contributed by atoms with Crippen molar-refractivity contribution in [3.05, 3.63) is 51.8 Å². The Bertz CT molecular complexity index is 1020. The van der Waals surface area contributed by atoms with Crippen molar-refractivity contribution >= 4 is 23.2 Å². The Morgan fingerprint density at radius 1 is 1.19 bits per heavy atom. The lowest BCUT2D eigenvalue weighted by Gasteiger charge is -2.39. The van der Waals surface area contributed by atoms with Crippen LogP contribution in [-0.4, -0.2) is 33.4 Å². The number of nitrogens with zero attached hydrogens (tertiary/aromatic N) is 4. The average Bonchev–Trinajstić information content (AvgIpc) is 2.94. The second-order valence-corrected chi connectivity index (χ2v) is 9.94. The molecule has 9 nitrogen and oxygen atoms in total. The number of hydrogen-bond donors (Lipinski definition) is 2. The minimum absolute atomic E-state index is 0.0266. The molecule has 0 spiro atoms. The number of nitro groups is 1. The van der Waals surface area contributed by atoms with E-state index in [4.69, 9.17) is 0 Å². The van der Waals surface area contributed by atoms with Crippen LogP contribution in [0.1, 0.15) is 56.0 Å². The third-order valence-electron chi connectivity index (χ3n) is 6.28. The van der Waals surface area contributed by atoms with Crippen LogP contribution in [0.25, 0.3) is 0 Å². The highest BCUT2D eigenvalue weighted by Crippen LogP contribution is 2.54. The fourth-order valence-electron chi connectivity index (χ4n) is 5.44. The van der Waals surface area contributed by atoms with E-state index in [2.05, 4.69) is 46.5 Å². The molecule has 31 heavy (non-hydrogen) atoms. The number of aromatic nitrogens is 2. The summed E-state index contributed by atoms with van der Waals surface area (Å²) < 4.78 is 0. The van der Waals surface area contributed by atoms with Crippen molar-refractivity contribution in [2.24, 2.45) is 10.8 Å². The fourth-order valence-corrected chi connectivity index (χ4v) is 5.44. The zero-order valence-electron chi connectivity index (χ0n) is 18.3. The number of hydrazine groups is 1. The summed E-state index contributed by atoms with van der Waals surface area (Å²) in [7, 11) is 0. The van der Waals surface area contributed by atoms with Crippen molar-refractivity contribution < 1.29 is 9.72 Å². The first kappa shape index (κ1) is 21.0. The third kappa shape index (κ3) is 4.17. The van der Waals surface area contributed by atoms with Crippen molar-refractivity contribution in [3.8, 4) is 0 Å². The second kappa shape index (κ2) is 7.47. The van der Waals surface area contributed by atoms with Gasteiger partial charge in [-0.2, -0.15) is 0 Å². The van der Waals surface area contributed by atoms with E-state index in [0.717, 1.165) is 24.8 Å². The second-order valence-electron chi connectivity index (χ2n) is 9.94. The Morgan fingerprint density at radius 3 is 2.58 bits per heavy atom. The van der Waals surface area contributed by atoms with Crippen LogP contribution < -0.4 is 15.8 Å². The average molecular weight is 425 g/mol. The molecule has 2 unspecified atom stereocenters. The molecular weight excluding hydrogens is 396 g/mol. The molecule has 4 rings (SSSR count). The van der Waals surface area contributed by atoms with Crippen LogP contribution in [0.4, 0.5) is 17.3 Å². The molecule has 2 N–H and O–H groups in total. The number of benzene rings is 1. The van der Waals surface area contributed by atoms with E-state index in [9.17, 15) is 14.9 Å². The number of carbonyl (C=O) groups is 1. The smallest absolute Gasteiger partial charge is 0.347 e. The zero-order valence-corrected chi connectivity index (χ0v) is 18.3. The molecular formula is C22H28N6O3. The van der Waals surface area contributed by atoms with Crippen LogP contribution in [0.15, 0.2) is 30.6 Å². The number of hydrogen-bond acceptors (Lipinski definition) is 7. The van der Waals surface area contributed by atoms with Gasteiger partial charge in [0.1, 0.15) is 6.33 Å². The molecule has 1 amide bonds. The summed E-state index contributed by atoms with van der Waals surface area (Å²) in [5, 5.41) is 12.0. The van der Waals surface area contributed by atoms with Gasteiger partial charge in [0.05, 0.1) is 4.92 Å². The molecule has 1 aliphatic heterocycles. The van der Waals surface area contributed by atoms with E-state index in [1.165, 1.54) is 6.33 Å². The first-order chi connectivity index (χ1) is 14.6. The summed E-state index contributed by atoms with van der Waals surface area (Å²) in [5.74, 6) is -0.124. The topological polar surface area (TPSA) is 113 Å². The maximum atomic E-state index is 12.4. The van der Waals surface area contributed by atoms with Crippen molar-refractivity contribution in [1.82, 2.24) is 15.4 Å². The largest absolute Gasteiger partial charge is 0.355 e. The number of nitrogens with one attached hydrogen (secondary N) is 2. The number of fused-ring (bicyclic) bond motifs is 2. The number of amides is 1. The molecule has 164 valence electrons. The summed E-state index contributed by atoms with van der Waals surface area (Å²) in [4.78, 5) is 34.3. The first-order valence-corrected chi connectivity index (χ1v) is 10.5. The van der Waals surface area contributed by atoms with Crippen LogP contribution in [0, 0.1) is 27.9 Å². The van der Waals surface area contributed by atoms with E-state index < -0.39 is 10.8 Å². The lowest BCUT2D eigenvalue weighted by molar-refractivity contribution is -0.383. The van der Waals surface area contributed by atoms with Gasteiger partial charge in [0.2, 0.25) is 11.6 Å². The predicted octanol–water partition coefficient (Wildman–Crippen LogP) is 3.86.